The predicted molar refractivity (Wildman–Crippen MR) is 84.7 cm³/mol. The second-order valence-corrected chi connectivity index (χ2v) is 6.76. The lowest BCUT2D eigenvalue weighted by molar-refractivity contribution is -0.131. The monoisotopic (exact) mass is 357 g/mol. The van der Waals surface area contributed by atoms with Gasteiger partial charge in [0.2, 0.25) is 15.9 Å². The van der Waals surface area contributed by atoms with Crippen molar-refractivity contribution < 1.29 is 27.5 Å². The highest BCUT2D eigenvalue weighted by Gasteiger charge is 2.16. The van der Waals surface area contributed by atoms with Crippen molar-refractivity contribution in [2.24, 2.45) is 0 Å². The number of carbonyl (C=O) groups is 3. The van der Waals surface area contributed by atoms with Crippen molar-refractivity contribution in [3.05, 3.63) is 29.8 Å². The number of likely N-dealkylation sites (N-methyl/N-ethyl adjacent to an activating group) is 1. The molecule has 0 aliphatic carbocycles. The van der Waals surface area contributed by atoms with Crippen molar-refractivity contribution in [3.63, 3.8) is 0 Å². The molecule has 0 saturated heterocycles. The summed E-state index contributed by atoms with van der Waals surface area (Å²) >= 11 is 0. The molecule has 0 fully saturated rings. The van der Waals surface area contributed by atoms with Gasteiger partial charge in [0, 0.05) is 14.1 Å². The molecule has 24 heavy (non-hydrogen) atoms. The molecule has 2 N–H and O–H groups in total. The Bertz CT molecular complexity index is 730. The number of amides is 2. The molecule has 9 nitrogen and oxygen atoms in total. The first-order chi connectivity index (χ1) is 11.2. The molecule has 1 rings (SSSR count). The maximum atomic E-state index is 11.9. The van der Waals surface area contributed by atoms with E-state index in [1.165, 1.54) is 30.1 Å². The van der Waals surface area contributed by atoms with E-state index in [2.05, 4.69) is 10.0 Å². The van der Waals surface area contributed by atoms with Gasteiger partial charge in [0.05, 0.1) is 17.0 Å². The number of benzene rings is 1. The van der Waals surface area contributed by atoms with Crippen LogP contribution in [-0.4, -0.2) is 65.4 Å². The zero-order chi connectivity index (χ0) is 18.3. The standard InChI is InChI=1S/C14H19N3O6S/c1-15-24(21,22)11-6-4-5-10(7-11)14(20)23-9-12(18)16-8-13(19)17(2)3/h4-7,15H,8-9H2,1-3H3,(H,16,18). The van der Waals surface area contributed by atoms with Gasteiger partial charge in [-0.3, -0.25) is 9.59 Å². The van der Waals surface area contributed by atoms with Crippen LogP contribution in [0, 0.1) is 0 Å². The third-order valence-corrected chi connectivity index (χ3v) is 4.33. The number of nitrogens with one attached hydrogen (secondary N) is 2. The zero-order valence-electron chi connectivity index (χ0n) is 13.5. The Balaban J connectivity index is 2.62. The quantitative estimate of drug-likeness (QED) is 0.601. The van der Waals surface area contributed by atoms with Crippen LogP contribution < -0.4 is 10.0 Å². The van der Waals surface area contributed by atoms with Crippen LogP contribution in [0.5, 0.6) is 0 Å². The fraction of sp³-hybridized carbons (Fsp3) is 0.357. The molecule has 10 heteroatoms. The van der Waals surface area contributed by atoms with Crippen molar-refractivity contribution >= 4 is 27.8 Å². The van der Waals surface area contributed by atoms with Gasteiger partial charge in [0.25, 0.3) is 5.91 Å². The van der Waals surface area contributed by atoms with Gasteiger partial charge in [0.1, 0.15) is 0 Å². The van der Waals surface area contributed by atoms with Crippen molar-refractivity contribution in [1.29, 1.82) is 0 Å². The summed E-state index contributed by atoms with van der Waals surface area (Å²) < 4.78 is 30.3. The third-order valence-electron chi connectivity index (χ3n) is 2.92. The van der Waals surface area contributed by atoms with E-state index in [9.17, 15) is 22.8 Å². The lowest BCUT2D eigenvalue weighted by Crippen LogP contribution is -2.38. The molecule has 0 atom stereocenters. The van der Waals surface area contributed by atoms with E-state index in [4.69, 9.17) is 4.74 Å². The van der Waals surface area contributed by atoms with E-state index in [-0.39, 0.29) is 22.9 Å². The zero-order valence-corrected chi connectivity index (χ0v) is 14.3. The van der Waals surface area contributed by atoms with Crippen molar-refractivity contribution in [2.45, 2.75) is 4.90 Å². The van der Waals surface area contributed by atoms with Crippen LogP contribution in [0.1, 0.15) is 10.4 Å². The molecule has 0 unspecified atom stereocenters. The maximum absolute atomic E-state index is 11.9. The van der Waals surface area contributed by atoms with E-state index in [1.54, 1.807) is 14.1 Å². The van der Waals surface area contributed by atoms with Crippen molar-refractivity contribution in [3.8, 4) is 0 Å². The summed E-state index contributed by atoms with van der Waals surface area (Å²) in [7, 11) is 0.643. The van der Waals surface area contributed by atoms with Gasteiger partial charge in [-0.1, -0.05) is 6.07 Å². The number of hydrogen-bond donors (Lipinski definition) is 2. The second-order valence-electron chi connectivity index (χ2n) is 4.88. The van der Waals surface area contributed by atoms with Crippen LogP contribution in [0.15, 0.2) is 29.2 Å². The highest BCUT2D eigenvalue weighted by atomic mass is 32.2. The molecule has 0 aromatic heterocycles. The molecule has 2 amide bonds. The van der Waals surface area contributed by atoms with Crippen LogP contribution >= 0.6 is 0 Å². The van der Waals surface area contributed by atoms with Crippen LogP contribution in [0.2, 0.25) is 0 Å². The van der Waals surface area contributed by atoms with E-state index in [0.29, 0.717) is 0 Å². The third kappa shape index (κ3) is 5.63. The lowest BCUT2D eigenvalue weighted by Gasteiger charge is -2.11. The Morgan fingerprint density at radius 1 is 1.21 bits per heavy atom. The molecule has 0 heterocycles. The Morgan fingerprint density at radius 2 is 1.88 bits per heavy atom. The average Bonchev–Trinajstić information content (AvgIpc) is 2.57. The number of sulfonamides is 1. The summed E-state index contributed by atoms with van der Waals surface area (Å²) in [6, 6.07) is 5.21. The van der Waals surface area contributed by atoms with Crippen molar-refractivity contribution in [2.75, 3.05) is 34.3 Å². The minimum Gasteiger partial charge on any atom is -0.452 e. The minimum absolute atomic E-state index is 0.0107. The highest BCUT2D eigenvalue weighted by molar-refractivity contribution is 7.89. The van der Waals surface area contributed by atoms with Gasteiger partial charge in [-0.25, -0.2) is 17.9 Å². The molecule has 0 aliphatic rings. The normalized spacial score (nSPS) is 10.8. The summed E-state index contributed by atoms with van der Waals surface area (Å²) in [6.07, 6.45) is 0. The van der Waals surface area contributed by atoms with Crippen LogP contribution in [0.4, 0.5) is 0 Å². The number of ether oxygens (including phenoxy) is 1. The molecule has 132 valence electrons. The predicted octanol–water partition coefficient (Wildman–Crippen LogP) is -1.04. The fourth-order valence-electron chi connectivity index (χ4n) is 1.51. The Kier molecular flexibility index (Phi) is 6.86. The molecule has 0 saturated carbocycles. The smallest absolute Gasteiger partial charge is 0.338 e. The molecular formula is C14H19N3O6S. The minimum atomic E-state index is -3.69. The number of esters is 1. The second kappa shape index (κ2) is 8.41. The Morgan fingerprint density at radius 3 is 2.46 bits per heavy atom. The first-order valence-electron chi connectivity index (χ1n) is 6.85. The van der Waals surface area contributed by atoms with Gasteiger partial charge in [-0.15, -0.1) is 0 Å². The molecule has 0 bridgehead atoms. The summed E-state index contributed by atoms with van der Waals surface area (Å²) in [5.41, 5.74) is -0.0107. The van der Waals surface area contributed by atoms with Gasteiger partial charge >= 0.3 is 5.97 Å². The molecule has 1 aromatic carbocycles. The van der Waals surface area contributed by atoms with E-state index in [1.807, 2.05) is 0 Å². The topological polar surface area (TPSA) is 122 Å². The summed E-state index contributed by atoms with van der Waals surface area (Å²) in [5.74, 6) is -1.80. The van der Waals surface area contributed by atoms with Gasteiger partial charge in [-0.2, -0.15) is 0 Å². The van der Waals surface area contributed by atoms with Gasteiger partial charge < -0.3 is 15.0 Å². The van der Waals surface area contributed by atoms with Crippen molar-refractivity contribution in [1.82, 2.24) is 14.9 Å². The average molecular weight is 357 g/mol. The van der Waals surface area contributed by atoms with E-state index >= 15 is 0 Å². The number of carbonyl (C=O) groups excluding carboxylic acids is 3. The summed E-state index contributed by atoms with van der Waals surface area (Å²) in [4.78, 5) is 35.9. The van der Waals surface area contributed by atoms with Crippen LogP contribution in [0.3, 0.4) is 0 Å². The highest BCUT2D eigenvalue weighted by Crippen LogP contribution is 2.12. The fourth-order valence-corrected chi connectivity index (χ4v) is 2.28. The first kappa shape index (κ1) is 19.6. The molecule has 0 spiro atoms. The number of nitrogens with zero attached hydrogens (tertiary/aromatic N) is 1. The Hall–Kier alpha value is -2.46. The van der Waals surface area contributed by atoms with Crippen LogP contribution in [-0.2, 0) is 24.3 Å². The SMILES string of the molecule is CNS(=O)(=O)c1cccc(C(=O)OCC(=O)NCC(=O)N(C)C)c1. The first-order valence-corrected chi connectivity index (χ1v) is 8.33. The molecule has 0 aliphatic heterocycles. The van der Waals surface area contributed by atoms with Crippen LogP contribution in [0.25, 0.3) is 0 Å². The van der Waals surface area contributed by atoms with Gasteiger partial charge in [-0.05, 0) is 25.2 Å². The van der Waals surface area contributed by atoms with E-state index in [0.717, 1.165) is 6.07 Å². The number of rotatable bonds is 7. The Labute approximate surface area is 140 Å². The number of hydrogen-bond acceptors (Lipinski definition) is 6. The van der Waals surface area contributed by atoms with Gasteiger partial charge in [0.15, 0.2) is 6.61 Å². The molecular weight excluding hydrogens is 338 g/mol. The van der Waals surface area contributed by atoms with E-state index < -0.39 is 28.5 Å². The molecule has 1 aromatic rings. The summed E-state index contributed by atoms with van der Waals surface area (Å²) in [5, 5.41) is 2.30. The largest absolute Gasteiger partial charge is 0.452 e. The molecule has 0 radical (unpaired) electrons. The summed E-state index contributed by atoms with van der Waals surface area (Å²) in [6.45, 7) is -0.790. The maximum Gasteiger partial charge on any atom is 0.338 e. The lowest BCUT2D eigenvalue weighted by atomic mass is 10.2.